The minimum absolute atomic E-state index is 0.0806. The van der Waals surface area contributed by atoms with Crippen molar-refractivity contribution < 1.29 is 10.2 Å². The molecular weight excluding hydrogens is 156 g/mol. The molecule has 0 aliphatic heterocycles. The second-order valence-electron chi connectivity index (χ2n) is 2.52. The summed E-state index contributed by atoms with van der Waals surface area (Å²) >= 11 is 0. The molecule has 1 heterocycles. The largest absolute Gasteiger partial charge is 0.507 e. The first-order valence-corrected chi connectivity index (χ1v) is 3.57. The van der Waals surface area contributed by atoms with Gasteiger partial charge in [-0.05, 0) is 12.1 Å². The first-order chi connectivity index (χ1) is 5.83. The van der Waals surface area contributed by atoms with Crippen molar-refractivity contribution in [2.75, 3.05) is 0 Å². The molecule has 0 amide bonds. The highest BCUT2D eigenvalue weighted by molar-refractivity contribution is 5.80. The number of nitrogens with zero attached hydrogens (tertiary/aromatic N) is 1. The predicted octanol–water partition coefficient (Wildman–Crippen LogP) is 0.761. The van der Waals surface area contributed by atoms with Crippen LogP contribution in [0.4, 0.5) is 0 Å². The Bertz CT molecular complexity index is 408. The molecule has 0 unspecified atom stereocenters. The third-order valence-corrected chi connectivity index (χ3v) is 1.83. The molecule has 0 aliphatic carbocycles. The molecule has 12 heavy (non-hydrogen) atoms. The summed E-state index contributed by atoms with van der Waals surface area (Å²) in [7, 11) is 0. The molecule has 3 N–H and O–H groups in total. The SMILES string of the molecule is OCc1c(O)ccc2[nH]cnc12. The fraction of sp³-hybridized carbons (Fsp3) is 0.125. The summed E-state index contributed by atoms with van der Waals surface area (Å²) in [6.45, 7) is -0.200. The number of rotatable bonds is 1. The molecule has 0 saturated carbocycles. The summed E-state index contributed by atoms with van der Waals surface area (Å²) in [4.78, 5) is 6.86. The van der Waals surface area contributed by atoms with E-state index in [1.165, 1.54) is 12.4 Å². The van der Waals surface area contributed by atoms with E-state index in [1.807, 2.05) is 0 Å². The van der Waals surface area contributed by atoms with E-state index >= 15 is 0 Å². The molecule has 0 fully saturated rings. The Labute approximate surface area is 68.5 Å². The number of aromatic amines is 1. The molecule has 1 aromatic heterocycles. The molecular formula is C8H8N2O2. The summed E-state index contributed by atoms with van der Waals surface area (Å²) in [6.07, 6.45) is 1.53. The quantitative estimate of drug-likeness (QED) is 0.582. The number of benzene rings is 1. The van der Waals surface area contributed by atoms with Crippen LogP contribution in [-0.4, -0.2) is 20.2 Å². The van der Waals surface area contributed by atoms with Crippen molar-refractivity contribution in [3.05, 3.63) is 24.0 Å². The van der Waals surface area contributed by atoms with Gasteiger partial charge >= 0.3 is 0 Å². The second kappa shape index (κ2) is 2.49. The van der Waals surface area contributed by atoms with Crippen LogP contribution in [0.2, 0.25) is 0 Å². The zero-order valence-corrected chi connectivity index (χ0v) is 6.28. The Morgan fingerprint density at radius 2 is 2.25 bits per heavy atom. The van der Waals surface area contributed by atoms with Gasteiger partial charge in [-0.2, -0.15) is 0 Å². The number of imidazole rings is 1. The Kier molecular flexibility index (Phi) is 1.48. The number of phenols is 1. The minimum Gasteiger partial charge on any atom is -0.507 e. The number of nitrogens with one attached hydrogen (secondary N) is 1. The molecule has 0 aliphatic rings. The normalized spacial score (nSPS) is 10.8. The van der Waals surface area contributed by atoms with E-state index in [1.54, 1.807) is 6.07 Å². The highest BCUT2D eigenvalue weighted by atomic mass is 16.3. The van der Waals surface area contributed by atoms with Crippen molar-refractivity contribution in [3.8, 4) is 5.75 Å². The average molecular weight is 164 g/mol. The Balaban J connectivity index is 2.83. The van der Waals surface area contributed by atoms with Crippen LogP contribution in [0.15, 0.2) is 18.5 Å². The zero-order chi connectivity index (χ0) is 8.55. The van der Waals surface area contributed by atoms with E-state index in [0.717, 1.165) is 5.52 Å². The molecule has 4 heteroatoms. The molecule has 2 rings (SSSR count). The summed E-state index contributed by atoms with van der Waals surface area (Å²) in [5.41, 5.74) is 1.91. The molecule has 2 aromatic rings. The van der Waals surface area contributed by atoms with Gasteiger partial charge in [-0.1, -0.05) is 0 Å². The van der Waals surface area contributed by atoms with E-state index in [4.69, 9.17) is 5.11 Å². The lowest BCUT2D eigenvalue weighted by Crippen LogP contribution is -1.86. The van der Waals surface area contributed by atoms with Gasteiger partial charge in [0.15, 0.2) is 0 Å². The van der Waals surface area contributed by atoms with Gasteiger partial charge in [-0.15, -0.1) is 0 Å². The van der Waals surface area contributed by atoms with E-state index in [-0.39, 0.29) is 12.4 Å². The van der Waals surface area contributed by atoms with Crippen LogP contribution < -0.4 is 0 Å². The average Bonchev–Trinajstić information content (AvgIpc) is 2.52. The number of H-pyrrole nitrogens is 1. The summed E-state index contributed by atoms with van der Waals surface area (Å²) in [5, 5.41) is 18.2. The summed E-state index contributed by atoms with van der Waals surface area (Å²) < 4.78 is 0. The van der Waals surface area contributed by atoms with Crippen LogP contribution in [0.5, 0.6) is 5.75 Å². The van der Waals surface area contributed by atoms with Crippen LogP contribution in [-0.2, 0) is 6.61 Å². The molecule has 1 aromatic carbocycles. The molecule has 0 saturated heterocycles. The fourth-order valence-electron chi connectivity index (χ4n) is 1.21. The van der Waals surface area contributed by atoms with Gasteiger partial charge in [0.25, 0.3) is 0 Å². The summed E-state index contributed by atoms with van der Waals surface area (Å²) in [6, 6.07) is 3.25. The van der Waals surface area contributed by atoms with Crippen molar-refractivity contribution in [1.29, 1.82) is 0 Å². The van der Waals surface area contributed by atoms with Crippen molar-refractivity contribution in [1.82, 2.24) is 9.97 Å². The van der Waals surface area contributed by atoms with E-state index in [0.29, 0.717) is 11.1 Å². The van der Waals surface area contributed by atoms with Crippen LogP contribution >= 0.6 is 0 Å². The molecule has 4 nitrogen and oxygen atoms in total. The lowest BCUT2D eigenvalue weighted by Gasteiger charge is -2.00. The van der Waals surface area contributed by atoms with Gasteiger partial charge in [0.2, 0.25) is 0 Å². The first kappa shape index (κ1) is 7.12. The standard InChI is InChI=1S/C8H8N2O2/c11-3-5-7(12)2-1-6-8(5)10-4-9-6/h1-2,4,11-12H,3H2,(H,9,10). The van der Waals surface area contributed by atoms with Gasteiger partial charge in [-0.3, -0.25) is 0 Å². The second-order valence-corrected chi connectivity index (χ2v) is 2.52. The maximum atomic E-state index is 9.31. The van der Waals surface area contributed by atoms with E-state index in [2.05, 4.69) is 9.97 Å². The monoisotopic (exact) mass is 164 g/mol. The summed E-state index contributed by atoms with van der Waals surface area (Å²) in [5.74, 6) is 0.0806. The van der Waals surface area contributed by atoms with Crippen LogP contribution in [0.1, 0.15) is 5.56 Å². The number of fused-ring (bicyclic) bond motifs is 1. The van der Waals surface area contributed by atoms with E-state index in [9.17, 15) is 5.11 Å². The highest BCUT2D eigenvalue weighted by Crippen LogP contribution is 2.24. The molecule has 0 atom stereocenters. The number of aromatic nitrogens is 2. The van der Waals surface area contributed by atoms with Gasteiger partial charge in [0.05, 0.1) is 24.0 Å². The third-order valence-electron chi connectivity index (χ3n) is 1.83. The van der Waals surface area contributed by atoms with Crippen molar-refractivity contribution in [2.45, 2.75) is 6.61 Å². The topological polar surface area (TPSA) is 69.1 Å². The number of aliphatic hydroxyl groups is 1. The van der Waals surface area contributed by atoms with E-state index < -0.39 is 0 Å². The lowest BCUT2D eigenvalue weighted by molar-refractivity contribution is 0.277. The van der Waals surface area contributed by atoms with Crippen molar-refractivity contribution in [3.63, 3.8) is 0 Å². The number of aliphatic hydroxyl groups excluding tert-OH is 1. The third kappa shape index (κ3) is 0.853. The molecule has 0 spiro atoms. The van der Waals surface area contributed by atoms with Crippen LogP contribution in [0, 0.1) is 0 Å². The molecule has 62 valence electrons. The van der Waals surface area contributed by atoms with Crippen LogP contribution in [0.3, 0.4) is 0 Å². The Hall–Kier alpha value is -1.55. The smallest absolute Gasteiger partial charge is 0.123 e. The zero-order valence-electron chi connectivity index (χ0n) is 6.28. The van der Waals surface area contributed by atoms with Gasteiger partial charge < -0.3 is 15.2 Å². The Morgan fingerprint density at radius 1 is 1.42 bits per heavy atom. The lowest BCUT2D eigenvalue weighted by atomic mass is 10.2. The fourth-order valence-corrected chi connectivity index (χ4v) is 1.21. The number of hydrogen-bond donors (Lipinski definition) is 3. The first-order valence-electron chi connectivity index (χ1n) is 3.57. The van der Waals surface area contributed by atoms with Crippen LogP contribution in [0.25, 0.3) is 11.0 Å². The predicted molar refractivity (Wildman–Crippen MR) is 43.7 cm³/mol. The maximum absolute atomic E-state index is 9.31. The highest BCUT2D eigenvalue weighted by Gasteiger charge is 2.06. The van der Waals surface area contributed by atoms with Gasteiger partial charge in [0, 0.05) is 5.56 Å². The Morgan fingerprint density at radius 3 is 3.00 bits per heavy atom. The maximum Gasteiger partial charge on any atom is 0.123 e. The van der Waals surface area contributed by atoms with Crippen molar-refractivity contribution in [2.24, 2.45) is 0 Å². The number of aromatic hydroxyl groups is 1. The minimum atomic E-state index is -0.200. The van der Waals surface area contributed by atoms with Gasteiger partial charge in [-0.25, -0.2) is 4.98 Å². The number of hydrogen-bond acceptors (Lipinski definition) is 3. The van der Waals surface area contributed by atoms with Crippen molar-refractivity contribution >= 4 is 11.0 Å². The van der Waals surface area contributed by atoms with Gasteiger partial charge in [0.1, 0.15) is 5.75 Å². The molecule has 0 bridgehead atoms. The molecule has 0 radical (unpaired) electrons.